The van der Waals surface area contributed by atoms with Crippen LogP contribution in [-0.4, -0.2) is 54.4 Å². The third kappa shape index (κ3) is 1.76. The molecule has 2 heterocycles. The van der Waals surface area contributed by atoms with Crippen LogP contribution in [0, 0.1) is 0 Å². The highest BCUT2D eigenvalue weighted by atomic mass is 35.5. The standard InChI is InChI=1S/C9H17ClN2/c10-3-5-11-6-7-12-4-1-2-9(12)8-11/h9H,1-8H2. The summed E-state index contributed by atoms with van der Waals surface area (Å²) in [6, 6.07) is 0.849. The second-order valence-corrected chi connectivity index (χ2v) is 4.20. The van der Waals surface area contributed by atoms with Gasteiger partial charge in [0.1, 0.15) is 0 Å². The number of rotatable bonds is 2. The Labute approximate surface area is 79.5 Å². The summed E-state index contributed by atoms with van der Waals surface area (Å²) in [6.45, 7) is 6.16. The number of halogens is 1. The lowest BCUT2D eigenvalue weighted by atomic mass is 10.1. The van der Waals surface area contributed by atoms with Crippen LogP contribution in [0.2, 0.25) is 0 Å². The zero-order chi connectivity index (χ0) is 8.39. The van der Waals surface area contributed by atoms with Gasteiger partial charge in [-0.1, -0.05) is 0 Å². The van der Waals surface area contributed by atoms with E-state index in [9.17, 15) is 0 Å². The Morgan fingerprint density at radius 2 is 2.17 bits per heavy atom. The monoisotopic (exact) mass is 188 g/mol. The summed E-state index contributed by atoms with van der Waals surface area (Å²) in [4.78, 5) is 5.13. The van der Waals surface area contributed by atoms with E-state index in [2.05, 4.69) is 9.80 Å². The second kappa shape index (κ2) is 3.95. The molecule has 0 N–H and O–H groups in total. The van der Waals surface area contributed by atoms with Crippen LogP contribution in [0.25, 0.3) is 0 Å². The minimum atomic E-state index is 0.784. The van der Waals surface area contributed by atoms with Gasteiger partial charge in [0, 0.05) is 38.1 Å². The fourth-order valence-corrected chi connectivity index (χ4v) is 2.62. The minimum Gasteiger partial charge on any atom is -0.299 e. The normalized spacial score (nSPS) is 32.2. The lowest BCUT2D eigenvalue weighted by Gasteiger charge is -2.37. The molecule has 0 radical (unpaired) electrons. The van der Waals surface area contributed by atoms with Crippen molar-refractivity contribution in [1.82, 2.24) is 9.80 Å². The van der Waals surface area contributed by atoms with E-state index in [1.54, 1.807) is 0 Å². The maximum atomic E-state index is 5.72. The van der Waals surface area contributed by atoms with Crippen LogP contribution in [0.4, 0.5) is 0 Å². The molecular formula is C9H17ClN2. The van der Waals surface area contributed by atoms with E-state index in [1.165, 1.54) is 39.0 Å². The Hall–Kier alpha value is 0.210. The van der Waals surface area contributed by atoms with Crippen LogP contribution in [0.3, 0.4) is 0 Å². The molecule has 2 saturated heterocycles. The van der Waals surface area contributed by atoms with E-state index < -0.39 is 0 Å². The summed E-state index contributed by atoms with van der Waals surface area (Å²) in [6.07, 6.45) is 2.80. The van der Waals surface area contributed by atoms with Crippen molar-refractivity contribution in [3.05, 3.63) is 0 Å². The van der Waals surface area contributed by atoms with Crippen molar-refractivity contribution in [2.24, 2.45) is 0 Å². The summed E-state index contributed by atoms with van der Waals surface area (Å²) >= 11 is 5.72. The van der Waals surface area contributed by atoms with Crippen LogP contribution in [0.5, 0.6) is 0 Å². The van der Waals surface area contributed by atoms with Gasteiger partial charge >= 0.3 is 0 Å². The third-order valence-corrected chi connectivity index (χ3v) is 3.24. The lowest BCUT2D eigenvalue weighted by molar-refractivity contribution is 0.109. The molecule has 0 bridgehead atoms. The molecule has 0 aliphatic carbocycles. The quantitative estimate of drug-likeness (QED) is 0.597. The molecule has 0 amide bonds. The van der Waals surface area contributed by atoms with Crippen LogP contribution in [-0.2, 0) is 0 Å². The highest BCUT2D eigenvalue weighted by Crippen LogP contribution is 2.20. The average Bonchev–Trinajstić information content (AvgIpc) is 2.51. The van der Waals surface area contributed by atoms with Crippen molar-refractivity contribution in [2.45, 2.75) is 18.9 Å². The summed E-state index contributed by atoms with van der Waals surface area (Å²) < 4.78 is 0. The highest BCUT2D eigenvalue weighted by Gasteiger charge is 2.29. The SMILES string of the molecule is ClCCN1CCN2CCCC2C1. The van der Waals surface area contributed by atoms with E-state index in [4.69, 9.17) is 11.6 Å². The molecule has 1 unspecified atom stereocenters. The number of hydrogen-bond acceptors (Lipinski definition) is 2. The van der Waals surface area contributed by atoms with Crippen LogP contribution >= 0.6 is 11.6 Å². The lowest BCUT2D eigenvalue weighted by Crippen LogP contribution is -2.50. The van der Waals surface area contributed by atoms with Gasteiger partial charge in [0.2, 0.25) is 0 Å². The zero-order valence-electron chi connectivity index (χ0n) is 7.51. The molecule has 2 nitrogen and oxygen atoms in total. The number of piperazine rings is 1. The van der Waals surface area contributed by atoms with E-state index in [-0.39, 0.29) is 0 Å². The van der Waals surface area contributed by atoms with Gasteiger partial charge in [-0.05, 0) is 19.4 Å². The van der Waals surface area contributed by atoms with Crippen molar-refractivity contribution in [1.29, 1.82) is 0 Å². The molecule has 3 heteroatoms. The summed E-state index contributed by atoms with van der Waals surface area (Å²) in [5.41, 5.74) is 0. The first-order valence-electron chi connectivity index (χ1n) is 4.92. The molecular weight excluding hydrogens is 172 g/mol. The van der Waals surface area contributed by atoms with E-state index >= 15 is 0 Å². The first-order chi connectivity index (χ1) is 5.90. The predicted molar refractivity (Wildman–Crippen MR) is 51.8 cm³/mol. The predicted octanol–water partition coefficient (Wildman–Crippen LogP) is 1.01. The smallest absolute Gasteiger partial charge is 0.0351 e. The number of fused-ring (bicyclic) bond motifs is 1. The molecule has 1 atom stereocenters. The van der Waals surface area contributed by atoms with Gasteiger partial charge in [0.05, 0.1) is 0 Å². The zero-order valence-corrected chi connectivity index (χ0v) is 8.26. The largest absolute Gasteiger partial charge is 0.299 e. The molecule has 2 aliphatic rings. The van der Waals surface area contributed by atoms with Crippen molar-refractivity contribution in [3.8, 4) is 0 Å². The van der Waals surface area contributed by atoms with Crippen LogP contribution < -0.4 is 0 Å². The van der Waals surface area contributed by atoms with Gasteiger partial charge < -0.3 is 0 Å². The third-order valence-electron chi connectivity index (χ3n) is 3.07. The maximum absolute atomic E-state index is 5.72. The topological polar surface area (TPSA) is 6.48 Å². The number of alkyl halides is 1. The molecule has 2 aliphatic heterocycles. The van der Waals surface area contributed by atoms with Gasteiger partial charge in [0.25, 0.3) is 0 Å². The van der Waals surface area contributed by atoms with E-state index in [0.717, 1.165) is 18.5 Å². The van der Waals surface area contributed by atoms with E-state index in [0.29, 0.717) is 0 Å². The molecule has 12 heavy (non-hydrogen) atoms. The van der Waals surface area contributed by atoms with Gasteiger partial charge in [-0.25, -0.2) is 0 Å². The van der Waals surface area contributed by atoms with Crippen molar-refractivity contribution >= 4 is 11.6 Å². The van der Waals surface area contributed by atoms with Gasteiger partial charge in [-0.2, -0.15) is 0 Å². The first kappa shape index (κ1) is 8.79. The van der Waals surface area contributed by atoms with Gasteiger partial charge in [-0.3, -0.25) is 9.80 Å². The van der Waals surface area contributed by atoms with Crippen molar-refractivity contribution in [3.63, 3.8) is 0 Å². The Morgan fingerprint density at radius 3 is 3.00 bits per heavy atom. The minimum absolute atomic E-state index is 0.784. The molecule has 0 saturated carbocycles. The molecule has 70 valence electrons. The van der Waals surface area contributed by atoms with Gasteiger partial charge in [-0.15, -0.1) is 11.6 Å². The Kier molecular flexibility index (Phi) is 2.89. The number of hydrogen-bond donors (Lipinski definition) is 0. The first-order valence-corrected chi connectivity index (χ1v) is 5.46. The average molecular weight is 189 g/mol. The number of nitrogens with zero attached hydrogens (tertiary/aromatic N) is 2. The molecule has 0 aromatic rings. The van der Waals surface area contributed by atoms with E-state index in [1.807, 2.05) is 0 Å². The Bertz CT molecular complexity index is 151. The second-order valence-electron chi connectivity index (χ2n) is 3.82. The van der Waals surface area contributed by atoms with Crippen molar-refractivity contribution < 1.29 is 0 Å². The molecule has 0 spiro atoms. The summed E-state index contributed by atoms with van der Waals surface area (Å²) in [5, 5.41) is 0. The van der Waals surface area contributed by atoms with Crippen LogP contribution in [0.15, 0.2) is 0 Å². The maximum Gasteiger partial charge on any atom is 0.0351 e. The molecule has 0 aromatic carbocycles. The van der Waals surface area contributed by atoms with Gasteiger partial charge in [0.15, 0.2) is 0 Å². The molecule has 0 aromatic heterocycles. The van der Waals surface area contributed by atoms with Crippen LogP contribution in [0.1, 0.15) is 12.8 Å². The fraction of sp³-hybridized carbons (Fsp3) is 1.00. The molecule has 2 rings (SSSR count). The highest BCUT2D eigenvalue weighted by molar-refractivity contribution is 6.18. The Balaban J connectivity index is 1.84. The van der Waals surface area contributed by atoms with Crippen molar-refractivity contribution in [2.75, 3.05) is 38.6 Å². The fourth-order valence-electron chi connectivity index (χ4n) is 2.38. The summed E-state index contributed by atoms with van der Waals surface area (Å²) in [7, 11) is 0. The molecule has 2 fully saturated rings. The Morgan fingerprint density at radius 1 is 1.25 bits per heavy atom. The summed E-state index contributed by atoms with van der Waals surface area (Å²) in [5.74, 6) is 0.784.